The van der Waals surface area contributed by atoms with E-state index in [2.05, 4.69) is 21.2 Å². The molecule has 33 heavy (non-hydrogen) atoms. The molecule has 0 aliphatic rings. The zero-order chi connectivity index (χ0) is 24.9. The fraction of sp³-hybridized carbons (Fsp3) is 0.364. The third-order valence-electron chi connectivity index (χ3n) is 4.71. The third-order valence-corrected chi connectivity index (χ3v) is 7.08. The minimum atomic E-state index is -3.84. The van der Waals surface area contributed by atoms with E-state index in [1.807, 2.05) is 38.1 Å². The predicted molar refractivity (Wildman–Crippen MR) is 136 cm³/mol. The van der Waals surface area contributed by atoms with Crippen LogP contribution in [0.5, 0.6) is 0 Å². The number of nitrogens with zero attached hydrogens (tertiary/aromatic N) is 2. The highest BCUT2D eigenvalue weighted by molar-refractivity contribution is 9.10. The molecule has 2 amide bonds. The minimum absolute atomic E-state index is 0.115. The maximum atomic E-state index is 13.4. The number of nitrogens with one attached hydrogen (secondary N) is 1. The second-order valence-corrected chi connectivity index (χ2v) is 11.5. The molecule has 0 aromatic heterocycles. The van der Waals surface area contributed by atoms with Crippen molar-refractivity contribution in [2.45, 2.75) is 39.4 Å². The van der Waals surface area contributed by atoms with Gasteiger partial charge in [0, 0.05) is 17.1 Å². The Hall–Kier alpha value is -1.81. The van der Waals surface area contributed by atoms with Gasteiger partial charge in [-0.2, -0.15) is 0 Å². The molecule has 0 aliphatic heterocycles. The lowest BCUT2D eigenvalue weighted by Crippen LogP contribution is -2.52. The Kier molecular flexibility index (Phi) is 9.60. The van der Waals surface area contributed by atoms with Crippen molar-refractivity contribution in [2.75, 3.05) is 17.1 Å². The lowest BCUT2D eigenvalue weighted by Gasteiger charge is -2.32. The maximum Gasteiger partial charge on any atom is 0.244 e. The van der Waals surface area contributed by atoms with Gasteiger partial charge in [0.1, 0.15) is 12.6 Å². The van der Waals surface area contributed by atoms with Crippen LogP contribution in [0.1, 0.15) is 26.3 Å². The van der Waals surface area contributed by atoms with Crippen molar-refractivity contribution in [3.8, 4) is 0 Å². The highest BCUT2D eigenvalue weighted by atomic mass is 79.9. The van der Waals surface area contributed by atoms with Crippen molar-refractivity contribution in [3.05, 3.63) is 62.5 Å². The number of carbonyl (C=O) groups excluding carboxylic acids is 2. The van der Waals surface area contributed by atoms with Crippen molar-refractivity contribution in [1.29, 1.82) is 0 Å². The van der Waals surface area contributed by atoms with Crippen LogP contribution in [0.3, 0.4) is 0 Å². The van der Waals surface area contributed by atoms with Crippen LogP contribution in [-0.4, -0.2) is 50.0 Å². The fourth-order valence-corrected chi connectivity index (χ4v) is 4.65. The zero-order valence-electron chi connectivity index (χ0n) is 18.7. The molecule has 0 bridgehead atoms. The monoisotopic (exact) mass is 577 g/mol. The molecule has 0 saturated carbocycles. The van der Waals surface area contributed by atoms with Gasteiger partial charge in [-0.1, -0.05) is 51.3 Å². The highest BCUT2D eigenvalue weighted by Crippen LogP contribution is 2.28. The molecule has 2 rings (SSSR count). The molecule has 1 N–H and O–H groups in total. The van der Waals surface area contributed by atoms with Gasteiger partial charge in [-0.3, -0.25) is 13.9 Å². The number of halogens is 3. The van der Waals surface area contributed by atoms with Crippen LogP contribution in [0.2, 0.25) is 10.0 Å². The first-order valence-corrected chi connectivity index (χ1v) is 13.5. The molecule has 0 heterocycles. The number of hydrogen-bond acceptors (Lipinski definition) is 4. The summed E-state index contributed by atoms with van der Waals surface area (Å²) >= 11 is 15.4. The number of benzene rings is 2. The summed E-state index contributed by atoms with van der Waals surface area (Å²) in [5.74, 6) is -0.883. The summed E-state index contributed by atoms with van der Waals surface area (Å²) in [4.78, 5) is 27.5. The summed E-state index contributed by atoms with van der Waals surface area (Å²) in [6.45, 7) is 4.85. The average Bonchev–Trinajstić information content (AvgIpc) is 2.70. The minimum Gasteiger partial charge on any atom is -0.352 e. The van der Waals surface area contributed by atoms with Crippen molar-refractivity contribution in [3.63, 3.8) is 0 Å². The Morgan fingerprint density at radius 3 is 2.27 bits per heavy atom. The van der Waals surface area contributed by atoms with Gasteiger partial charge in [-0.15, -0.1) is 0 Å². The van der Waals surface area contributed by atoms with Crippen molar-refractivity contribution < 1.29 is 18.0 Å². The van der Waals surface area contributed by atoms with Crippen LogP contribution < -0.4 is 9.62 Å². The van der Waals surface area contributed by atoms with Gasteiger partial charge in [-0.25, -0.2) is 8.42 Å². The molecule has 7 nitrogen and oxygen atoms in total. The van der Waals surface area contributed by atoms with Crippen molar-refractivity contribution >= 4 is 66.7 Å². The van der Waals surface area contributed by atoms with Crippen LogP contribution in [0.4, 0.5) is 5.69 Å². The molecule has 0 saturated heterocycles. The molecule has 0 radical (unpaired) electrons. The average molecular weight is 579 g/mol. The molecule has 0 fully saturated rings. The second-order valence-electron chi connectivity index (χ2n) is 7.86. The first-order valence-electron chi connectivity index (χ1n) is 10.1. The number of sulfonamides is 1. The summed E-state index contributed by atoms with van der Waals surface area (Å²) in [6, 6.07) is 10.7. The van der Waals surface area contributed by atoms with E-state index < -0.39 is 28.5 Å². The van der Waals surface area contributed by atoms with Crippen molar-refractivity contribution in [2.24, 2.45) is 0 Å². The lowest BCUT2D eigenvalue weighted by atomic mass is 10.1. The zero-order valence-corrected chi connectivity index (χ0v) is 22.6. The molecule has 11 heteroatoms. The van der Waals surface area contributed by atoms with E-state index in [4.69, 9.17) is 23.2 Å². The van der Waals surface area contributed by atoms with Gasteiger partial charge in [0.25, 0.3) is 0 Å². The van der Waals surface area contributed by atoms with E-state index in [9.17, 15) is 18.0 Å². The van der Waals surface area contributed by atoms with E-state index in [-0.39, 0.29) is 34.2 Å². The van der Waals surface area contributed by atoms with E-state index in [1.165, 1.54) is 23.1 Å². The quantitative estimate of drug-likeness (QED) is 0.476. The standard InChI is InChI=1S/C22H26BrCl2N3O4S/c1-14(2)26-22(30)15(3)27(12-16-6-5-7-17(23)10-16)21(29)13-28(33(4,31)32)18-8-9-19(24)20(25)11-18/h5-11,14-15H,12-13H2,1-4H3,(H,26,30). The Morgan fingerprint density at radius 2 is 1.73 bits per heavy atom. The number of amides is 2. The Balaban J connectivity index is 2.41. The van der Waals surface area contributed by atoms with Crippen LogP contribution >= 0.6 is 39.1 Å². The molecule has 2 aromatic carbocycles. The first-order chi connectivity index (χ1) is 15.3. The molecule has 180 valence electrons. The summed E-state index contributed by atoms with van der Waals surface area (Å²) < 4.78 is 26.8. The van der Waals surface area contributed by atoms with E-state index in [0.717, 1.165) is 20.6 Å². The summed E-state index contributed by atoms with van der Waals surface area (Å²) in [6.07, 6.45) is 0.996. The fourth-order valence-electron chi connectivity index (χ4n) is 3.07. The smallest absolute Gasteiger partial charge is 0.244 e. The number of anilines is 1. The van der Waals surface area contributed by atoms with Crippen LogP contribution in [0.15, 0.2) is 46.9 Å². The molecule has 0 aliphatic carbocycles. The molecule has 1 unspecified atom stereocenters. The number of carbonyl (C=O) groups is 2. The maximum absolute atomic E-state index is 13.4. The number of hydrogen-bond donors (Lipinski definition) is 1. The van der Waals surface area contributed by atoms with E-state index >= 15 is 0 Å². The van der Waals surface area contributed by atoms with Gasteiger partial charge in [0.2, 0.25) is 21.8 Å². The molecule has 0 spiro atoms. The van der Waals surface area contributed by atoms with Crippen molar-refractivity contribution in [1.82, 2.24) is 10.2 Å². The Bertz CT molecular complexity index is 1130. The molecule has 2 aromatic rings. The largest absolute Gasteiger partial charge is 0.352 e. The Morgan fingerprint density at radius 1 is 1.06 bits per heavy atom. The van der Waals surface area contributed by atoms with Gasteiger partial charge in [0.15, 0.2) is 0 Å². The van der Waals surface area contributed by atoms with Gasteiger partial charge < -0.3 is 10.2 Å². The lowest BCUT2D eigenvalue weighted by molar-refractivity contribution is -0.139. The van der Waals surface area contributed by atoms with Gasteiger partial charge >= 0.3 is 0 Å². The molecular weight excluding hydrogens is 553 g/mol. The third kappa shape index (κ3) is 7.88. The van der Waals surface area contributed by atoms with E-state index in [0.29, 0.717) is 0 Å². The van der Waals surface area contributed by atoms with Crippen LogP contribution in [-0.2, 0) is 26.2 Å². The predicted octanol–water partition coefficient (Wildman–Crippen LogP) is 4.46. The SMILES string of the molecule is CC(C)NC(=O)C(C)N(Cc1cccc(Br)c1)C(=O)CN(c1ccc(Cl)c(Cl)c1)S(C)(=O)=O. The van der Waals surface area contributed by atoms with Gasteiger partial charge in [-0.05, 0) is 56.7 Å². The second kappa shape index (κ2) is 11.6. The summed E-state index contributed by atoms with van der Waals surface area (Å²) in [5.41, 5.74) is 0.976. The number of rotatable bonds is 9. The first kappa shape index (κ1) is 27.4. The summed E-state index contributed by atoms with van der Waals surface area (Å²) in [5, 5.41) is 3.22. The molecular formula is C22H26BrCl2N3O4S. The van der Waals surface area contributed by atoms with Crippen LogP contribution in [0.25, 0.3) is 0 Å². The normalized spacial score (nSPS) is 12.4. The van der Waals surface area contributed by atoms with Gasteiger partial charge in [0.05, 0.1) is 22.0 Å². The summed E-state index contributed by atoms with van der Waals surface area (Å²) in [7, 11) is -3.84. The van der Waals surface area contributed by atoms with E-state index in [1.54, 1.807) is 6.92 Å². The Labute approximate surface area is 213 Å². The topological polar surface area (TPSA) is 86.8 Å². The molecule has 1 atom stereocenters. The van der Waals surface area contributed by atoms with Crippen LogP contribution in [0, 0.1) is 0 Å². The highest BCUT2D eigenvalue weighted by Gasteiger charge is 2.30.